The molecule has 0 amide bonds. The quantitative estimate of drug-likeness (QED) is 0.847. The standard InChI is InChI=1S/C8H9N3S2/c1-6-10-7(5-12-6)4-9-8-2-3-13-11-8/h2-3,5H,4H2,1H3,(H,9,11). The molecule has 3 nitrogen and oxygen atoms in total. The molecule has 0 fully saturated rings. The molecule has 0 aliphatic rings. The van der Waals surface area contributed by atoms with Crippen LogP contribution in [-0.2, 0) is 6.54 Å². The van der Waals surface area contributed by atoms with Gasteiger partial charge in [0.15, 0.2) is 0 Å². The third kappa shape index (κ3) is 2.26. The van der Waals surface area contributed by atoms with Crippen molar-refractivity contribution in [1.82, 2.24) is 9.36 Å². The Hall–Kier alpha value is -0.940. The predicted octanol–water partition coefficient (Wildman–Crippen LogP) is 2.52. The Morgan fingerprint density at radius 1 is 1.54 bits per heavy atom. The summed E-state index contributed by atoms with van der Waals surface area (Å²) in [6.45, 7) is 2.77. The fourth-order valence-electron chi connectivity index (χ4n) is 0.974. The number of nitrogens with zero attached hydrogens (tertiary/aromatic N) is 2. The highest BCUT2D eigenvalue weighted by molar-refractivity contribution is 7.09. The van der Waals surface area contributed by atoms with Crippen molar-refractivity contribution in [2.24, 2.45) is 0 Å². The van der Waals surface area contributed by atoms with Crippen molar-refractivity contribution in [1.29, 1.82) is 0 Å². The molecule has 0 bridgehead atoms. The zero-order valence-corrected chi connectivity index (χ0v) is 8.78. The van der Waals surface area contributed by atoms with E-state index in [1.807, 2.05) is 18.4 Å². The van der Waals surface area contributed by atoms with Crippen LogP contribution in [0.3, 0.4) is 0 Å². The molecule has 13 heavy (non-hydrogen) atoms. The average Bonchev–Trinajstić information content (AvgIpc) is 2.71. The molecule has 0 saturated heterocycles. The van der Waals surface area contributed by atoms with Crippen molar-refractivity contribution in [3.05, 3.63) is 27.5 Å². The van der Waals surface area contributed by atoms with E-state index in [0.29, 0.717) is 0 Å². The second-order valence-electron chi connectivity index (χ2n) is 2.60. The van der Waals surface area contributed by atoms with Crippen LogP contribution in [0.15, 0.2) is 16.8 Å². The lowest BCUT2D eigenvalue weighted by molar-refractivity contribution is 1.05. The molecule has 0 aliphatic carbocycles. The number of aryl methyl sites for hydroxylation is 1. The molecule has 68 valence electrons. The number of nitrogens with one attached hydrogen (secondary N) is 1. The summed E-state index contributed by atoms with van der Waals surface area (Å²) >= 11 is 3.12. The minimum Gasteiger partial charge on any atom is -0.364 e. The van der Waals surface area contributed by atoms with E-state index < -0.39 is 0 Å². The average molecular weight is 211 g/mol. The molecule has 0 saturated carbocycles. The Morgan fingerprint density at radius 2 is 2.46 bits per heavy atom. The maximum absolute atomic E-state index is 4.34. The molecule has 2 aromatic heterocycles. The van der Waals surface area contributed by atoms with Gasteiger partial charge in [0.25, 0.3) is 0 Å². The highest BCUT2D eigenvalue weighted by Gasteiger charge is 1.98. The third-order valence-corrected chi connectivity index (χ3v) is 2.94. The molecule has 0 unspecified atom stereocenters. The van der Waals surface area contributed by atoms with Gasteiger partial charge in [0.05, 0.1) is 17.2 Å². The smallest absolute Gasteiger partial charge is 0.139 e. The summed E-state index contributed by atoms with van der Waals surface area (Å²) in [5, 5.41) is 8.32. The highest BCUT2D eigenvalue weighted by atomic mass is 32.1. The SMILES string of the molecule is Cc1nc(CNc2ccsn2)cs1. The lowest BCUT2D eigenvalue weighted by Gasteiger charge is -1.97. The van der Waals surface area contributed by atoms with Crippen LogP contribution >= 0.6 is 22.9 Å². The summed E-state index contributed by atoms with van der Waals surface area (Å²) in [5.74, 6) is 0.927. The normalized spacial score (nSPS) is 10.2. The fraction of sp³-hybridized carbons (Fsp3) is 0.250. The van der Waals surface area contributed by atoms with Gasteiger partial charge in [0.2, 0.25) is 0 Å². The molecule has 5 heteroatoms. The van der Waals surface area contributed by atoms with Crippen LogP contribution in [0.2, 0.25) is 0 Å². The molecule has 1 N–H and O–H groups in total. The van der Waals surface area contributed by atoms with Gasteiger partial charge in [-0.25, -0.2) is 4.98 Å². The van der Waals surface area contributed by atoms with Crippen molar-refractivity contribution in [2.45, 2.75) is 13.5 Å². The van der Waals surface area contributed by atoms with E-state index >= 15 is 0 Å². The first kappa shape index (κ1) is 8.65. The van der Waals surface area contributed by atoms with Crippen LogP contribution in [-0.4, -0.2) is 9.36 Å². The van der Waals surface area contributed by atoms with Gasteiger partial charge in [0.1, 0.15) is 5.82 Å². The summed E-state index contributed by atoms with van der Waals surface area (Å²) < 4.78 is 4.14. The van der Waals surface area contributed by atoms with E-state index in [1.54, 1.807) is 11.3 Å². The van der Waals surface area contributed by atoms with E-state index in [9.17, 15) is 0 Å². The number of hydrogen-bond donors (Lipinski definition) is 1. The van der Waals surface area contributed by atoms with Gasteiger partial charge < -0.3 is 5.32 Å². The molecule has 0 spiro atoms. The molecule has 2 heterocycles. The molecule has 0 aliphatic heterocycles. The summed E-state index contributed by atoms with van der Waals surface area (Å²) in [5.41, 5.74) is 1.08. The minimum atomic E-state index is 0.758. The largest absolute Gasteiger partial charge is 0.364 e. The van der Waals surface area contributed by atoms with Crippen LogP contribution in [0, 0.1) is 6.92 Å². The van der Waals surface area contributed by atoms with Gasteiger partial charge in [-0.15, -0.1) is 11.3 Å². The Balaban J connectivity index is 1.93. The van der Waals surface area contributed by atoms with Crippen LogP contribution in [0.4, 0.5) is 5.82 Å². The van der Waals surface area contributed by atoms with Gasteiger partial charge in [-0.1, -0.05) is 0 Å². The third-order valence-electron chi connectivity index (χ3n) is 1.56. The molecular weight excluding hydrogens is 202 g/mol. The highest BCUT2D eigenvalue weighted by Crippen LogP contribution is 2.11. The summed E-state index contributed by atoms with van der Waals surface area (Å²) in [6, 6.07) is 1.96. The maximum Gasteiger partial charge on any atom is 0.139 e. The van der Waals surface area contributed by atoms with Crippen LogP contribution in [0.5, 0.6) is 0 Å². The van der Waals surface area contributed by atoms with Gasteiger partial charge in [-0.3, -0.25) is 0 Å². The van der Waals surface area contributed by atoms with Crippen molar-refractivity contribution in [2.75, 3.05) is 5.32 Å². The zero-order chi connectivity index (χ0) is 9.10. The summed E-state index contributed by atoms with van der Waals surface area (Å²) in [7, 11) is 0. The van der Waals surface area contributed by atoms with Gasteiger partial charge in [0, 0.05) is 10.8 Å². The summed E-state index contributed by atoms with van der Waals surface area (Å²) in [6.07, 6.45) is 0. The molecule has 0 atom stereocenters. The van der Waals surface area contributed by atoms with Crippen molar-refractivity contribution in [3.63, 3.8) is 0 Å². The van der Waals surface area contributed by atoms with Gasteiger partial charge >= 0.3 is 0 Å². The number of aromatic nitrogens is 2. The lowest BCUT2D eigenvalue weighted by Crippen LogP contribution is -1.99. The van der Waals surface area contributed by atoms with Crippen molar-refractivity contribution < 1.29 is 0 Å². The number of rotatable bonds is 3. The Labute approximate surface area is 84.6 Å². The number of thiazole rings is 1. The molecular formula is C8H9N3S2. The first-order valence-electron chi connectivity index (χ1n) is 3.90. The Bertz CT molecular complexity index is 366. The first-order valence-corrected chi connectivity index (χ1v) is 5.61. The van der Waals surface area contributed by atoms with Crippen LogP contribution in [0.1, 0.15) is 10.7 Å². The minimum absolute atomic E-state index is 0.758. The Kier molecular flexibility index (Phi) is 2.56. The van der Waals surface area contributed by atoms with Crippen molar-refractivity contribution in [3.8, 4) is 0 Å². The van der Waals surface area contributed by atoms with E-state index in [0.717, 1.165) is 23.1 Å². The zero-order valence-electron chi connectivity index (χ0n) is 7.15. The molecule has 2 aromatic rings. The van der Waals surface area contributed by atoms with Gasteiger partial charge in [-0.2, -0.15) is 4.37 Å². The lowest BCUT2D eigenvalue weighted by atomic mass is 10.5. The van der Waals surface area contributed by atoms with Gasteiger partial charge in [-0.05, 0) is 24.5 Å². The number of hydrogen-bond acceptors (Lipinski definition) is 5. The molecule has 0 aromatic carbocycles. The van der Waals surface area contributed by atoms with E-state index in [4.69, 9.17) is 0 Å². The second kappa shape index (κ2) is 3.85. The molecule has 0 radical (unpaired) electrons. The van der Waals surface area contributed by atoms with E-state index in [2.05, 4.69) is 20.1 Å². The summed E-state index contributed by atoms with van der Waals surface area (Å²) in [4.78, 5) is 4.34. The molecule has 2 rings (SSSR count). The Morgan fingerprint density at radius 3 is 3.08 bits per heavy atom. The van der Waals surface area contributed by atoms with Crippen LogP contribution in [0.25, 0.3) is 0 Å². The monoisotopic (exact) mass is 211 g/mol. The predicted molar refractivity (Wildman–Crippen MR) is 56.3 cm³/mol. The van der Waals surface area contributed by atoms with Crippen LogP contribution < -0.4 is 5.32 Å². The fourth-order valence-corrected chi connectivity index (χ4v) is 2.08. The van der Waals surface area contributed by atoms with E-state index in [1.165, 1.54) is 11.5 Å². The number of anilines is 1. The van der Waals surface area contributed by atoms with Crippen molar-refractivity contribution >= 4 is 28.7 Å². The van der Waals surface area contributed by atoms with E-state index in [-0.39, 0.29) is 0 Å². The maximum atomic E-state index is 4.34. The topological polar surface area (TPSA) is 37.8 Å². The first-order chi connectivity index (χ1) is 6.34. The second-order valence-corrected chi connectivity index (χ2v) is 4.32.